The Morgan fingerprint density at radius 3 is 2.64 bits per heavy atom. The van der Waals surface area contributed by atoms with Crippen molar-refractivity contribution in [1.29, 1.82) is 0 Å². The summed E-state index contributed by atoms with van der Waals surface area (Å²) in [6.45, 7) is 2.79. The van der Waals surface area contributed by atoms with Gasteiger partial charge in [-0.1, -0.05) is 18.5 Å². The van der Waals surface area contributed by atoms with Crippen molar-refractivity contribution in [2.24, 2.45) is 0 Å². The monoisotopic (exact) mass is 401 g/mol. The Labute approximate surface area is 167 Å². The largest absolute Gasteiger partial charge is 0.493 e. The molecular formula is C21H20ClNO5. The molecule has 0 unspecified atom stereocenters. The second-order valence-electron chi connectivity index (χ2n) is 6.50. The summed E-state index contributed by atoms with van der Waals surface area (Å²) in [4.78, 5) is 14.1. The maximum Gasteiger partial charge on any atom is 0.336 e. The van der Waals surface area contributed by atoms with E-state index in [1.807, 2.05) is 36.1 Å². The van der Waals surface area contributed by atoms with Crippen LogP contribution in [0.3, 0.4) is 0 Å². The molecule has 6 nitrogen and oxygen atoms in total. The van der Waals surface area contributed by atoms with Gasteiger partial charge in [-0.2, -0.15) is 0 Å². The molecule has 1 aliphatic heterocycles. The first-order valence-corrected chi connectivity index (χ1v) is 9.31. The summed E-state index contributed by atoms with van der Waals surface area (Å²) in [5.41, 5.74) is 2.70. The second kappa shape index (κ2) is 7.28. The minimum absolute atomic E-state index is 0.311. The molecule has 2 aromatic carbocycles. The van der Waals surface area contributed by atoms with E-state index in [4.69, 9.17) is 30.2 Å². The zero-order chi connectivity index (χ0) is 19.8. The van der Waals surface area contributed by atoms with Crippen LogP contribution in [0.4, 0.5) is 5.69 Å². The number of fused-ring (bicyclic) bond motifs is 3. The molecule has 1 aliphatic rings. The first-order chi connectivity index (χ1) is 13.5. The van der Waals surface area contributed by atoms with Gasteiger partial charge in [0.25, 0.3) is 0 Å². The molecule has 0 spiro atoms. The molecule has 0 fully saturated rings. The number of hydrogen-bond acceptors (Lipinski definition) is 6. The van der Waals surface area contributed by atoms with Crippen molar-refractivity contribution in [2.45, 2.75) is 19.9 Å². The molecule has 7 heteroatoms. The van der Waals surface area contributed by atoms with Crippen LogP contribution in [0.5, 0.6) is 17.2 Å². The van der Waals surface area contributed by atoms with Gasteiger partial charge in [0.05, 0.1) is 31.4 Å². The Morgan fingerprint density at radius 2 is 1.93 bits per heavy atom. The lowest BCUT2D eigenvalue weighted by Crippen LogP contribution is -2.32. The summed E-state index contributed by atoms with van der Waals surface area (Å²) in [5, 5.41) is 1.35. The molecule has 0 amide bonds. The highest BCUT2D eigenvalue weighted by molar-refractivity contribution is 6.33. The van der Waals surface area contributed by atoms with Gasteiger partial charge >= 0.3 is 5.63 Å². The predicted molar refractivity (Wildman–Crippen MR) is 108 cm³/mol. The number of anilines is 1. The van der Waals surface area contributed by atoms with Crippen LogP contribution in [-0.4, -0.2) is 21.0 Å². The SMILES string of the molecule is CCc1cc(=O)oc2c3c(c(Cl)cc12)OCN(c1ccc(OC)c(OC)c1)C3. The highest BCUT2D eigenvalue weighted by Crippen LogP contribution is 2.41. The van der Waals surface area contributed by atoms with E-state index >= 15 is 0 Å². The molecule has 0 aliphatic carbocycles. The van der Waals surface area contributed by atoms with E-state index < -0.39 is 0 Å². The predicted octanol–water partition coefficient (Wildman–Crippen LogP) is 4.38. The topological polar surface area (TPSA) is 61.1 Å². The van der Waals surface area contributed by atoms with Crippen molar-refractivity contribution in [3.05, 3.63) is 56.9 Å². The molecule has 4 rings (SSSR count). The van der Waals surface area contributed by atoms with Gasteiger partial charge in [0.2, 0.25) is 0 Å². The molecule has 0 saturated carbocycles. The van der Waals surface area contributed by atoms with Gasteiger partial charge in [-0.3, -0.25) is 0 Å². The number of aryl methyl sites for hydroxylation is 1. The second-order valence-corrected chi connectivity index (χ2v) is 6.90. The number of methoxy groups -OCH3 is 2. The van der Waals surface area contributed by atoms with Crippen LogP contribution in [0.2, 0.25) is 5.02 Å². The molecule has 1 aromatic heterocycles. The zero-order valence-corrected chi connectivity index (χ0v) is 16.6. The first kappa shape index (κ1) is 18.5. The van der Waals surface area contributed by atoms with E-state index in [0.29, 0.717) is 47.6 Å². The standard InChI is InChI=1S/C21H20ClNO5/c1-4-12-7-19(24)28-20-14(12)9-16(22)21-15(20)10-23(11-27-21)13-5-6-17(25-2)18(8-13)26-3/h5-9H,4,10-11H2,1-3H3. The van der Waals surface area contributed by atoms with Crippen molar-refractivity contribution < 1.29 is 18.6 Å². The summed E-state index contributed by atoms with van der Waals surface area (Å²) in [7, 11) is 3.19. The van der Waals surface area contributed by atoms with Crippen LogP contribution in [-0.2, 0) is 13.0 Å². The van der Waals surface area contributed by atoms with Crippen LogP contribution in [0.15, 0.2) is 39.5 Å². The lowest BCUT2D eigenvalue weighted by atomic mass is 10.0. The lowest BCUT2D eigenvalue weighted by molar-refractivity contribution is 0.289. The Morgan fingerprint density at radius 1 is 1.14 bits per heavy atom. The highest BCUT2D eigenvalue weighted by Gasteiger charge is 2.26. The molecule has 28 heavy (non-hydrogen) atoms. The third-order valence-electron chi connectivity index (χ3n) is 4.95. The van der Waals surface area contributed by atoms with Gasteiger partial charge < -0.3 is 23.5 Å². The van der Waals surface area contributed by atoms with Crippen LogP contribution in [0, 0.1) is 0 Å². The summed E-state index contributed by atoms with van der Waals surface area (Å²) in [5.74, 6) is 1.83. The van der Waals surface area contributed by atoms with Crippen LogP contribution in [0.25, 0.3) is 11.0 Å². The smallest absolute Gasteiger partial charge is 0.336 e. The minimum atomic E-state index is -0.378. The summed E-state index contributed by atoms with van der Waals surface area (Å²) < 4.78 is 22.2. The fraction of sp³-hybridized carbons (Fsp3) is 0.286. The Bertz CT molecular complexity index is 1110. The number of hydrogen-bond donors (Lipinski definition) is 0. The summed E-state index contributed by atoms with van der Waals surface area (Å²) in [6.07, 6.45) is 0.706. The fourth-order valence-electron chi connectivity index (χ4n) is 3.53. The van der Waals surface area contributed by atoms with Crippen molar-refractivity contribution in [3.8, 4) is 17.2 Å². The Kier molecular flexibility index (Phi) is 4.81. The van der Waals surface area contributed by atoms with E-state index in [1.165, 1.54) is 6.07 Å². The molecule has 3 aromatic rings. The molecule has 0 bridgehead atoms. The van der Waals surface area contributed by atoms with E-state index in [0.717, 1.165) is 22.2 Å². The van der Waals surface area contributed by atoms with E-state index in [-0.39, 0.29) is 5.63 Å². The summed E-state index contributed by atoms with van der Waals surface area (Å²) >= 11 is 6.47. The van der Waals surface area contributed by atoms with Crippen LogP contribution >= 0.6 is 11.6 Å². The Hall–Kier alpha value is -2.86. The molecule has 0 radical (unpaired) electrons. The van der Waals surface area contributed by atoms with Gasteiger partial charge in [-0.05, 0) is 30.2 Å². The average Bonchev–Trinajstić information content (AvgIpc) is 2.73. The summed E-state index contributed by atoms with van der Waals surface area (Å²) in [6, 6.07) is 8.98. The zero-order valence-electron chi connectivity index (χ0n) is 15.9. The van der Waals surface area contributed by atoms with Gasteiger partial charge in [0.1, 0.15) is 11.3 Å². The molecule has 2 heterocycles. The number of rotatable bonds is 4. The van der Waals surface area contributed by atoms with E-state index in [9.17, 15) is 4.79 Å². The third kappa shape index (κ3) is 3.03. The van der Waals surface area contributed by atoms with Crippen molar-refractivity contribution >= 4 is 28.3 Å². The van der Waals surface area contributed by atoms with Crippen molar-refractivity contribution in [1.82, 2.24) is 0 Å². The van der Waals surface area contributed by atoms with E-state index in [2.05, 4.69) is 0 Å². The van der Waals surface area contributed by atoms with Gasteiger partial charge in [0.15, 0.2) is 18.2 Å². The minimum Gasteiger partial charge on any atom is -0.493 e. The maximum atomic E-state index is 12.1. The van der Waals surface area contributed by atoms with Crippen molar-refractivity contribution in [2.75, 3.05) is 25.9 Å². The van der Waals surface area contributed by atoms with Gasteiger partial charge in [-0.25, -0.2) is 4.79 Å². The quantitative estimate of drug-likeness (QED) is 0.604. The van der Waals surface area contributed by atoms with Crippen molar-refractivity contribution in [3.63, 3.8) is 0 Å². The maximum absolute atomic E-state index is 12.1. The number of ether oxygens (including phenoxy) is 3. The van der Waals surface area contributed by atoms with Gasteiger partial charge in [-0.15, -0.1) is 0 Å². The number of nitrogens with zero attached hydrogens (tertiary/aromatic N) is 1. The Balaban J connectivity index is 1.82. The third-order valence-corrected chi connectivity index (χ3v) is 5.23. The van der Waals surface area contributed by atoms with Gasteiger partial charge in [0, 0.05) is 23.2 Å². The number of benzene rings is 2. The first-order valence-electron chi connectivity index (χ1n) is 8.93. The van der Waals surface area contributed by atoms with Crippen LogP contribution in [0.1, 0.15) is 18.1 Å². The van der Waals surface area contributed by atoms with Crippen LogP contribution < -0.4 is 24.7 Å². The number of halogens is 1. The molecule has 0 saturated heterocycles. The molecule has 0 N–H and O–H groups in total. The highest BCUT2D eigenvalue weighted by atomic mass is 35.5. The normalized spacial score (nSPS) is 13.2. The average molecular weight is 402 g/mol. The molecule has 146 valence electrons. The lowest BCUT2D eigenvalue weighted by Gasteiger charge is -2.32. The fourth-order valence-corrected chi connectivity index (χ4v) is 3.81. The van der Waals surface area contributed by atoms with E-state index in [1.54, 1.807) is 14.2 Å². The molecule has 0 atom stereocenters. The molecular weight excluding hydrogens is 382 g/mol.